The summed E-state index contributed by atoms with van der Waals surface area (Å²) in [7, 11) is 1.84. The van der Waals surface area contributed by atoms with E-state index in [0.29, 0.717) is 11.7 Å². The largest absolute Gasteiger partial charge is 0.367 e. The summed E-state index contributed by atoms with van der Waals surface area (Å²) in [5.41, 5.74) is 6.49. The number of nitrogens with two attached hydrogens (primary N) is 1. The summed E-state index contributed by atoms with van der Waals surface area (Å²) < 4.78 is 12.6. The molecule has 7 nitrogen and oxygen atoms in total. The minimum Gasteiger partial charge on any atom is -0.367 e. The molecule has 0 aliphatic carbocycles. The lowest BCUT2D eigenvalue weighted by molar-refractivity contribution is 0.00768. The first kappa shape index (κ1) is 12.3. The van der Waals surface area contributed by atoms with Gasteiger partial charge in [0.15, 0.2) is 0 Å². The molecule has 2 aromatic rings. The molecular formula is C12H17N5O2. The van der Waals surface area contributed by atoms with Crippen molar-refractivity contribution in [2.45, 2.75) is 31.4 Å². The van der Waals surface area contributed by atoms with Crippen molar-refractivity contribution in [3.8, 4) is 0 Å². The van der Waals surface area contributed by atoms with Gasteiger partial charge in [-0.3, -0.25) is 4.68 Å². The molecule has 3 heterocycles. The lowest BCUT2D eigenvalue weighted by atomic mass is 10.0. The molecule has 0 bridgehead atoms. The molecule has 0 radical (unpaired) electrons. The van der Waals surface area contributed by atoms with Crippen molar-refractivity contribution in [2.24, 2.45) is 12.8 Å². The Balaban J connectivity index is 1.85. The number of nitrogens with zero attached hydrogens (tertiary/aromatic N) is 4. The van der Waals surface area contributed by atoms with Gasteiger partial charge in [-0.1, -0.05) is 5.16 Å². The standard InChI is InChI=1S/C12H17N5O2/c1-12(4-3-5-18-12)11-15-10(19-16-11)9(13)8-6-14-17(2)7-8/h6-7,9H,3-5,13H2,1-2H3. The maximum absolute atomic E-state index is 6.09. The molecular weight excluding hydrogens is 246 g/mol. The average molecular weight is 263 g/mol. The van der Waals surface area contributed by atoms with Crippen molar-refractivity contribution in [3.63, 3.8) is 0 Å². The third kappa shape index (κ3) is 2.15. The lowest BCUT2D eigenvalue weighted by Crippen LogP contribution is -2.22. The maximum atomic E-state index is 6.09. The van der Waals surface area contributed by atoms with Crippen LogP contribution in [0, 0.1) is 0 Å². The minimum absolute atomic E-state index is 0.389. The summed E-state index contributed by atoms with van der Waals surface area (Å²) in [5, 5.41) is 8.09. The van der Waals surface area contributed by atoms with Crippen LogP contribution in [0.15, 0.2) is 16.9 Å². The van der Waals surface area contributed by atoms with Crippen molar-refractivity contribution in [2.75, 3.05) is 6.61 Å². The topological polar surface area (TPSA) is 92.0 Å². The van der Waals surface area contributed by atoms with E-state index in [9.17, 15) is 0 Å². The molecule has 2 atom stereocenters. The van der Waals surface area contributed by atoms with Gasteiger partial charge in [-0.25, -0.2) is 0 Å². The summed E-state index contributed by atoms with van der Waals surface area (Å²) in [4.78, 5) is 4.38. The van der Waals surface area contributed by atoms with Crippen molar-refractivity contribution < 1.29 is 9.26 Å². The van der Waals surface area contributed by atoms with Crippen LogP contribution in [0.2, 0.25) is 0 Å². The zero-order valence-corrected chi connectivity index (χ0v) is 11.0. The Hall–Kier alpha value is -1.73. The van der Waals surface area contributed by atoms with Crippen LogP contribution >= 0.6 is 0 Å². The van der Waals surface area contributed by atoms with Gasteiger partial charge in [0.05, 0.1) is 6.20 Å². The van der Waals surface area contributed by atoms with Crippen molar-refractivity contribution >= 4 is 0 Å². The van der Waals surface area contributed by atoms with Crippen LogP contribution in [0.25, 0.3) is 0 Å². The predicted octanol–water partition coefficient (Wildman–Crippen LogP) is 0.877. The Morgan fingerprint density at radius 3 is 3.00 bits per heavy atom. The van der Waals surface area contributed by atoms with E-state index in [1.807, 2.05) is 20.2 Å². The molecule has 1 fully saturated rings. The van der Waals surface area contributed by atoms with Gasteiger partial charge in [-0.05, 0) is 19.8 Å². The second kappa shape index (κ2) is 4.43. The van der Waals surface area contributed by atoms with Gasteiger partial charge in [-0.15, -0.1) is 0 Å². The molecule has 2 N–H and O–H groups in total. The quantitative estimate of drug-likeness (QED) is 0.883. The molecule has 1 saturated heterocycles. The van der Waals surface area contributed by atoms with Crippen molar-refractivity contribution in [1.82, 2.24) is 19.9 Å². The highest BCUT2D eigenvalue weighted by Gasteiger charge is 2.37. The third-order valence-corrected chi connectivity index (χ3v) is 3.48. The van der Waals surface area contributed by atoms with Crippen LogP contribution in [-0.4, -0.2) is 26.5 Å². The fourth-order valence-corrected chi connectivity index (χ4v) is 2.28. The summed E-state index contributed by atoms with van der Waals surface area (Å²) in [6.45, 7) is 2.71. The molecule has 0 saturated carbocycles. The average Bonchev–Trinajstić information content (AvgIpc) is 3.08. The predicted molar refractivity (Wildman–Crippen MR) is 66.1 cm³/mol. The zero-order valence-electron chi connectivity index (χ0n) is 11.0. The summed E-state index contributed by atoms with van der Waals surface area (Å²) in [5.74, 6) is 0.957. The van der Waals surface area contributed by atoms with E-state index in [-0.39, 0.29) is 0 Å². The van der Waals surface area contributed by atoms with E-state index in [0.717, 1.165) is 25.0 Å². The molecule has 0 spiro atoms. The van der Waals surface area contributed by atoms with E-state index in [1.54, 1.807) is 10.9 Å². The second-order valence-corrected chi connectivity index (χ2v) is 5.06. The van der Waals surface area contributed by atoms with Gasteiger partial charge in [0.25, 0.3) is 0 Å². The number of aryl methyl sites for hydroxylation is 1. The molecule has 2 unspecified atom stereocenters. The Bertz CT molecular complexity index is 570. The smallest absolute Gasteiger partial charge is 0.248 e. The number of hydrogen-bond acceptors (Lipinski definition) is 6. The maximum Gasteiger partial charge on any atom is 0.248 e. The van der Waals surface area contributed by atoms with Gasteiger partial charge >= 0.3 is 0 Å². The number of ether oxygens (including phenoxy) is 1. The monoisotopic (exact) mass is 263 g/mol. The van der Waals surface area contributed by atoms with Crippen LogP contribution < -0.4 is 5.73 Å². The van der Waals surface area contributed by atoms with Gasteiger partial charge in [0.1, 0.15) is 11.6 Å². The molecule has 1 aliphatic heterocycles. The van der Waals surface area contributed by atoms with E-state index in [4.69, 9.17) is 15.0 Å². The van der Waals surface area contributed by atoms with Crippen LogP contribution in [0.1, 0.15) is 43.1 Å². The highest BCUT2D eigenvalue weighted by Crippen LogP contribution is 2.34. The Labute approximate surface area is 110 Å². The lowest BCUT2D eigenvalue weighted by Gasteiger charge is -2.17. The molecule has 0 aromatic carbocycles. The molecule has 102 valence electrons. The first-order valence-corrected chi connectivity index (χ1v) is 6.31. The summed E-state index contributed by atoms with van der Waals surface area (Å²) in [6.07, 6.45) is 5.44. The highest BCUT2D eigenvalue weighted by atomic mass is 16.5. The summed E-state index contributed by atoms with van der Waals surface area (Å²) in [6, 6.07) is -0.458. The van der Waals surface area contributed by atoms with E-state index < -0.39 is 11.6 Å². The molecule has 2 aromatic heterocycles. The number of hydrogen-bond donors (Lipinski definition) is 1. The van der Waals surface area contributed by atoms with Gasteiger partial charge in [-0.2, -0.15) is 10.1 Å². The van der Waals surface area contributed by atoms with Crippen LogP contribution in [0.5, 0.6) is 0 Å². The van der Waals surface area contributed by atoms with Gasteiger partial charge < -0.3 is 15.0 Å². The first-order chi connectivity index (χ1) is 9.08. The third-order valence-electron chi connectivity index (χ3n) is 3.48. The Morgan fingerprint density at radius 2 is 2.37 bits per heavy atom. The summed E-state index contributed by atoms with van der Waals surface area (Å²) >= 11 is 0. The van der Waals surface area contributed by atoms with E-state index in [2.05, 4.69) is 15.2 Å². The van der Waals surface area contributed by atoms with Crippen molar-refractivity contribution in [1.29, 1.82) is 0 Å². The Kier molecular flexibility index (Phi) is 2.87. The van der Waals surface area contributed by atoms with E-state index >= 15 is 0 Å². The number of rotatable bonds is 3. The van der Waals surface area contributed by atoms with Crippen LogP contribution in [0.3, 0.4) is 0 Å². The molecule has 19 heavy (non-hydrogen) atoms. The molecule has 3 rings (SSSR count). The molecule has 7 heteroatoms. The van der Waals surface area contributed by atoms with E-state index in [1.165, 1.54) is 0 Å². The SMILES string of the molecule is Cn1cc(C(N)c2nc(C3(C)CCCO3)no2)cn1. The Morgan fingerprint density at radius 1 is 1.53 bits per heavy atom. The zero-order chi connectivity index (χ0) is 13.5. The van der Waals surface area contributed by atoms with Gasteiger partial charge in [0, 0.05) is 25.4 Å². The minimum atomic E-state index is -0.458. The molecule has 0 amide bonds. The first-order valence-electron chi connectivity index (χ1n) is 6.31. The second-order valence-electron chi connectivity index (χ2n) is 5.06. The fourth-order valence-electron chi connectivity index (χ4n) is 2.28. The highest BCUT2D eigenvalue weighted by molar-refractivity contribution is 5.17. The van der Waals surface area contributed by atoms with Crippen molar-refractivity contribution in [3.05, 3.63) is 29.7 Å². The number of aromatic nitrogens is 4. The fraction of sp³-hybridized carbons (Fsp3) is 0.583. The van der Waals surface area contributed by atoms with Gasteiger partial charge in [0.2, 0.25) is 11.7 Å². The van der Waals surface area contributed by atoms with Crippen LogP contribution in [-0.2, 0) is 17.4 Å². The molecule has 1 aliphatic rings. The van der Waals surface area contributed by atoms with Crippen LogP contribution in [0.4, 0.5) is 0 Å². The normalized spacial score (nSPS) is 24.8.